The summed E-state index contributed by atoms with van der Waals surface area (Å²) in [6.07, 6.45) is 9.53. The molecular weight excluding hydrogens is 1100 g/mol. The fourth-order valence-corrected chi connectivity index (χ4v) is 9.68. The van der Waals surface area contributed by atoms with Crippen molar-refractivity contribution in [3.8, 4) is 11.1 Å². The summed E-state index contributed by atoms with van der Waals surface area (Å²) < 4.78 is 54.9. The number of carbonyl (C=O) groups is 3. The van der Waals surface area contributed by atoms with Gasteiger partial charge in [-0.15, -0.1) is 6.58 Å². The number of hydrogen-bond acceptors (Lipinski definition) is 8. The zero-order chi connectivity index (χ0) is 64.6. The number of alkyl halides is 1. The minimum atomic E-state index is -0.838. The third-order valence-corrected chi connectivity index (χ3v) is 13.5. The maximum Gasteiger partial charge on any atom is 0.272 e. The molecule has 5 aromatic rings. The molecule has 3 amide bonds. The van der Waals surface area contributed by atoms with E-state index in [9.17, 15) is 23.6 Å². The maximum absolute atomic E-state index is 15.2. The van der Waals surface area contributed by atoms with E-state index in [2.05, 4.69) is 108 Å². The number of fused-ring (bicyclic) bond motifs is 3. The molecule has 4 fully saturated rings. The minimum Gasteiger partial charge on any atom is -0.338 e. The second kappa shape index (κ2) is 45.3. The van der Waals surface area contributed by atoms with E-state index >= 15 is 13.2 Å². The second-order valence-corrected chi connectivity index (χ2v) is 20.5. The summed E-state index contributed by atoms with van der Waals surface area (Å²) in [6.45, 7) is 38.3. The van der Waals surface area contributed by atoms with E-state index in [4.69, 9.17) is 0 Å². The molecule has 3 saturated heterocycles. The lowest BCUT2D eigenvalue weighted by Crippen LogP contribution is -2.55. The molecule has 4 aromatic carbocycles. The van der Waals surface area contributed by atoms with Gasteiger partial charge in [-0.05, 0) is 99.4 Å². The maximum atomic E-state index is 15.2. The van der Waals surface area contributed by atoms with Crippen molar-refractivity contribution in [1.82, 2.24) is 34.7 Å². The Bertz CT molecular complexity index is 2740. The van der Waals surface area contributed by atoms with E-state index in [0.29, 0.717) is 85.4 Å². The van der Waals surface area contributed by atoms with Crippen LogP contribution in [0.3, 0.4) is 0 Å². The smallest absolute Gasteiger partial charge is 0.272 e. The van der Waals surface area contributed by atoms with Crippen LogP contribution in [0, 0.1) is 29.3 Å². The van der Waals surface area contributed by atoms with Crippen molar-refractivity contribution >= 4 is 48.1 Å². The number of halogens is 4. The zero-order valence-electron chi connectivity index (χ0n) is 54.1. The van der Waals surface area contributed by atoms with E-state index in [1.54, 1.807) is 69.3 Å². The zero-order valence-corrected chi connectivity index (χ0v) is 54.9. The number of aromatic nitrogens is 2. The number of nitrogens with one attached hydrogen (secondary N) is 1. The summed E-state index contributed by atoms with van der Waals surface area (Å²) in [5, 5.41) is 7.94. The molecule has 11 nitrogen and oxygen atoms in total. The SMILES string of the molecule is C=CC.CC.CC.CC=C(C)C.CCC.CCC.CCC.CF.O=C(CN1CCN(CC2CC3CC2CN3C(=O)c2c(F)cc(-c3ccccc3)cc2F)CC1)N1CCN(C(=O)c2cc(Cc3n[nH]c(=O)c4ccccc34)ccc2F)CC1.[B]S. The van der Waals surface area contributed by atoms with Gasteiger partial charge in [0.2, 0.25) is 5.91 Å². The number of thiol groups is 1. The van der Waals surface area contributed by atoms with Gasteiger partial charge in [0.05, 0.1) is 30.4 Å². The van der Waals surface area contributed by atoms with Crippen molar-refractivity contribution in [2.24, 2.45) is 11.8 Å². The Kier molecular flexibility index (Phi) is 42.1. The monoisotopic (exact) mass is 1200 g/mol. The van der Waals surface area contributed by atoms with Crippen LogP contribution in [-0.4, -0.2) is 145 Å². The van der Waals surface area contributed by atoms with Gasteiger partial charge in [0.15, 0.2) is 7.12 Å². The number of carbonyl (C=O) groups excluding carboxylic acids is 3. The van der Waals surface area contributed by atoms with Crippen LogP contribution >= 0.6 is 12.5 Å². The highest BCUT2D eigenvalue weighted by Crippen LogP contribution is 2.43. The predicted octanol–water partition coefficient (Wildman–Crippen LogP) is 15.1. The number of piperidine rings is 1. The average molecular weight is 1200 g/mol. The molecule has 3 aliphatic heterocycles. The fraction of sp³-hybridized carbons (Fsp3) is 0.515. The molecule has 9 rings (SSSR count). The summed E-state index contributed by atoms with van der Waals surface area (Å²) in [5.74, 6) is -2.62. The highest BCUT2D eigenvalue weighted by atomic mass is 32.1. The Morgan fingerprint density at radius 1 is 0.671 bits per heavy atom. The number of H-pyrrole nitrogens is 1. The first-order valence-corrected chi connectivity index (χ1v) is 31.0. The van der Waals surface area contributed by atoms with Crippen LogP contribution in [0.2, 0.25) is 0 Å². The van der Waals surface area contributed by atoms with E-state index in [0.717, 1.165) is 45.6 Å². The molecule has 1 N–H and O–H groups in total. The van der Waals surface area contributed by atoms with Crippen LogP contribution in [0.5, 0.6) is 0 Å². The molecule has 1 aliphatic carbocycles. The highest BCUT2D eigenvalue weighted by Gasteiger charge is 2.47. The molecule has 0 spiro atoms. The first-order valence-electron chi connectivity index (χ1n) is 30.4. The van der Waals surface area contributed by atoms with Crippen LogP contribution in [0.4, 0.5) is 17.6 Å². The summed E-state index contributed by atoms with van der Waals surface area (Å²) in [6, 6.07) is 23.0. The number of amides is 3. The third-order valence-electron chi connectivity index (χ3n) is 13.5. The number of hydrogen-bond donors (Lipinski definition) is 2. The van der Waals surface area contributed by atoms with E-state index in [-0.39, 0.29) is 35.5 Å². The number of nitrogens with zero attached hydrogens (tertiary/aromatic N) is 6. The molecule has 4 aliphatic rings. The Hall–Kier alpha value is -6.04. The van der Waals surface area contributed by atoms with Gasteiger partial charge in [-0.3, -0.25) is 28.5 Å². The fourth-order valence-electron chi connectivity index (χ4n) is 9.68. The molecule has 85 heavy (non-hydrogen) atoms. The second-order valence-electron chi connectivity index (χ2n) is 20.5. The van der Waals surface area contributed by atoms with Crippen LogP contribution < -0.4 is 5.56 Å². The number of piperazine rings is 2. The van der Waals surface area contributed by atoms with Crippen molar-refractivity contribution in [2.75, 3.05) is 79.2 Å². The molecule has 1 aromatic heterocycles. The normalized spacial score (nSPS) is 16.2. The van der Waals surface area contributed by atoms with Gasteiger partial charge in [-0.25, -0.2) is 30.7 Å². The van der Waals surface area contributed by atoms with Crippen LogP contribution in [0.1, 0.15) is 161 Å². The van der Waals surface area contributed by atoms with Gasteiger partial charge in [-0.1, -0.05) is 161 Å². The van der Waals surface area contributed by atoms with Crippen molar-refractivity contribution in [3.05, 3.63) is 159 Å². The predicted molar refractivity (Wildman–Crippen MR) is 353 cm³/mol. The third kappa shape index (κ3) is 25.4. The van der Waals surface area contributed by atoms with Crippen LogP contribution in [0.25, 0.3) is 21.9 Å². The Balaban J connectivity index is 0.00000245. The van der Waals surface area contributed by atoms with Crippen molar-refractivity contribution in [1.29, 1.82) is 0 Å². The summed E-state index contributed by atoms with van der Waals surface area (Å²) in [5.41, 5.74) is 2.95. The molecule has 3 atom stereocenters. The molecule has 1 saturated carbocycles. The van der Waals surface area contributed by atoms with Crippen LogP contribution in [0.15, 0.2) is 114 Å². The van der Waals surface area contributed by atoms with Crippen molar-refractivity contribution < 1.29 is 31.9 Å². The lowest BCUT2D eigenvalue weighted by molar-refractivity contribution is -0.134. The highest BCUT2D eigenvalue weighted by molar-refractivity contribution is 8.03. The number of aromatic amines is 1. The van der Waals surface area contributed by atoms with Gasteiger partial charge in [0.1, 0.15) is 23.0 Å². The van der Waals surface area contributed by atoms with Crippen LogP contribution in [-0.2, 0) is 11.2 Å². The summed E-state index contributed by atoms with van der Waals surface area (Å²) in [7, 11) is 4.69. The van der Waals surface area contributed by atoms with Gasteiger partial charge in [0.25, 0.3) is 17.4 Å². The average Bonchev–Trinajstić information content (AvgIpc) is 3.76. The molecule has 470 valence electrons. The molecule has 17 heteroatoms. The molecular formula is C68H102BF4N7O4S. The molecule has 4 heterocycles. The topological polar surface area (TPSA) is 113 Å². The van der Waals surface area contributed by atoms with E-state index < -0.39 is 34.8 Å². The quantitative estimate of drug-likeness (QED) is 0.0654. The molecule has 3 unspecified atom stereocenters. The Morgan fingerprint density at radius 3 is 1.65 bits per heavy atom. The number of rotatable bonds is 9. The van der Waals surface area contributed by atoms with Gasteiger partial charge < -0.3 is 19.6 Å². The Labute approximate surface area is 515 Å². The lowest BCUT2D eigenvalue weighted by Gasteiger charge is -2.40. The van der Waals surface area contributed by atoms with Crippen molar-refractivity contribution in [2.45, 2.75) is 141 Å². The van der Waals surface area contributed by atoms with E-state index in [1.165, 1.54) is 43.0 Å². The number of allylic oxidation sites excluding steroid dienone is 3. The van der Waals surface area contributed by atoms with Gasteiger partial charge >= 0.3 is 0 Å². The van der Waals surface area contributed by atoms with Crippen molar-refractivity contribution in [3.63, 3.8) is 0 Å². The largest absolute Gasteiger partial charge is 0.338 e. The molecule has 2 radical (unpaired) electrons. The van der Waals surface area contributed by atoms with Gasteiger partial charge in [0, 0.05) is 83.3 Å². The first-order chi connectivity index (χ1) is 41.0. The summed E-state index contributed by atoms with van der Waals surface area (Å²) >= 11 is 3.03. The number of benzene rings is 4. The van der Waals surface area contributed by atoms with E-state index in [1.807, 2.05) is 59.7 Å². The Morgan fingerprint density at radius 2 is 1.15 bits per heavy atom. The first kappa shape index (κ1) is 79.0. The van der Waals surface area contributed by atoms with Gasteiger partial charge in [-0.2, -0.15) is 5.10 Å². The number of likely N-dealkylation sites (tertiary alicyclic amines) is 1. The standard InChI is InChI=1S/C46H46F3N7O4.C5H10.3C3H8.C3H6.2C2H6.CH3F.BHS/c47-38-11-10-29(21-41-35-8-4-5-9-36(35)44(58)51-50-41)20-37(38)45(59)55-18-16-54(17-19-55)42(57)28-53-14-12-52(13-15-53)26-32-22-34-23-33(32)27-56(34)46(60)43-39(48)24-31(25-40(43)49)30-6-2-1-3-7-30;1-4-5(2)3;4*1-3-2;4*1-2/h1-11,20,24-25,32-34H,12-19,21-23,26-28H2,(H,51,58);4H,1-3H3;3*3H2,1-2H3;3H,1H2,2H3;2*1-2H3;1H3;2H. The molecule has 2 bridgehead atoms. The summed E-state index contributed by atoms with van der Waals surface area (Å²) in [4.78, 5) is 62.1. The minimum absolute atomic E-state index is 0.00444. The lowest BCUT2D eigenvalue weighted by atomic mass is 9.93.